The normalized spacial score (nSPS) is 11.8. The molecule has 1 aromatic carbocycles. The zero-order valence-corrected chi connectivity index (χ0v) is 10.9. The largest absolute Gasteiger partial charge is 0.312 e. The molecule has 0 atom stereocenters. The molecule has 1 rings (SSSR count). The molecule has 0 aliphatic carbocycles. The Balaban J connectivity index is 2.54. The second kappa shape index (κ2) is 5.20. The summed E-state index contributed by atoms with van der Waals surface area (Å²) in [6, 6.07) is 5.58. The lowest BCUT2D eigenvalue weighted by molar-refractivity contribution is 0.429. The second-order valence-corrected chi connectivity index (χ2v) is 5.51. The summed E-state index contributed by atoms with van der Waals surface area (Å²) >= 11 is 12.0. The van der Waals surface area contributed by atoms with Crippen molar-refractivity contribution >= 4 is 23.2 Å². The van der Waals surface area contributed by atoms with E-state index < -0.39 is 0 Å². The fourth-order valence-corrected chi connectivity index (χ4v) is 1.71. The molecule has 0 aromatic heterocycles. The molecule has 84 valence electrons. The molecule has 0 bridgehead atoms. The van der Waals surface area contributed by atoms with Crippen LogP contribution in [0.1, 0.15) is 26.3 Å². The van der Waals surface area contributed by atoms with Crippen LogP contribution >= 0.6 is 23.2 Å². The van der Waals surface area contributed by atoms with Gasteiger partial charge in [0, 0.05) is 15.6 Å². The van der Waals surface area contributed by atoms with Crippen LogP contribution < -0.4 is 5.32 Å². The van der Waals surface area contributed by atoms with Crippen LogP contribution in [0.4, 0.5) is 0 Å². The van der Waals surface area contributed by atoms with Crippen molar-refractivity contribution < 1.29 is 0 Å². The van der Waals surface area contributed by atoms with E-state index in [0.717, 1.165) is 28.6 Å². The summed E-state index contributed by atoms with van der Waals surface area (Å²) < 4.78 is 0. The topological polar surface area (TPSA) is 12.0 Å². The van der Waals surface area contributed by atoms with E-state index in [-0.39, 0.29) is 5.54 Å². The lowest BCUT2D eigenvalue weighted by Gasteiger charge is -2.20. The molecule has 0 saturated carbocycles. The first-order valence-corrected chi connectivity index (χ1v) is 5.83. The predicted molar refractivity (Wildman–Crippen MR) is 67.9 cm³/mol. The van der Waals surface area contributed by atoms with Gasteiger partial charge in [0.25, 0.3) is 0 Å². The summed E-state index contributed by atoms with van der Waals surface area (Å²) in [5.41, 5.74) is 1.24. The summed E-state index contributed by atoms with van der Waals surface area (Å²) in [7, 11) is 0. The van der Waals surface area contributed by atoms with Crippen molar-refractivity contribution in [3.8, 4) is 0 Å². The first-order valence-electron chi connectivity index (χ1n) is 5.07. The van der Waals surface area contributed by atoms with E-state index in [1.165, 1.54) is 0 Å². The number of hydrogen-bond acceptors (Lipinski definition) is 1. The molecule has 0 aliphatic heterocycles. The summed E-state index contributed by atoms with van der Waals surface area (Å²) in [6.45, 7) is 7.34. The lowest BCUT2D eigenvalue weighted by atomic mass is 10.1. The highest BCUT2D eigenvalue weighted by molar-refractivity contribution is 6.33. The Morgan fingerprint density at radius 1 is 1.20 bits per heavy atom. The average molecular weight is 246 g/mol. The highest BCUT2D eigenvalue weighted by Crippen LogP contribution is 2.20. The summed E-state index contributed by atoms with van der Waals surface area (Å²) in [5.74, 6) is 0. The van der Waals surface area contributed by atoms with Crippen molar-refractivity contribution in [1.29, 1.82) is 0 Å². The summed E-state index contributed by atoms with van der Waals surface area (Å²) in [6.07, 6.45) is 0.899. The average Bonchev–Trinajstić information content (AvgIpc) is 2.09. The first-order chi connectivity index (χ1) is 6.88. The molecular weight excluding hydrogens is 229 g/mol. The van der Waals surface area contributed by atoms with E-state index in [1.54, 1.807) is 0 Å². The Bertz CT molecular complexity index is 329. The fraction of sp³-hybridized carbons (Fsp3) is 0.500. The Kier molecular flexibility index (Phi) is 4.45. The molecule has 3 heteroatoms. The van der Waals surface area contributed by atoms with Crippen LogP contribution in [-0.4, -0.2) is 12.1 Å². The van der Waals surface area contributed by atoms with E-state index >= 15 is 0 Å². The summed E-state index contributed by atoms with van der Waals surface area (Å²) in [4.78, 5) is 0. The minimum absolute atomic E-state index is 0.144. The van der Waals surface area contributed by atoms with Gasteiger partial charge < -0.3 is 5.32 Å². The van der Waals surface area contributed by atoms with Crippen molar-refractivity contribution in [2.75, 3.05) is 6.54 Å². The van der Waals surface area contributed by atoms with Crippen LogP contribution in [0, 0.1) is 0 Å². The van der Waals surface area contributed by atoms with Gasteiger partial charge in [-0.1, -0.05) is 23.2 Å². The van der Waals surface area contributed by atoms with Crippen LogP contribution in [0.25, 0.3) is 0 Å². The van der Waals surface area contributed by atoms with Crippen LogP contribution in [0.2, 0.25) is 10.0 Å². The SMILES string of the molecule is CC(C)(C)NCCc1cc(Cl)ccc1Cl. The van der Waals surface area contributed by atoms with E-state index in [9.17, 15) is 0 Å². The number of benzene rings is 1. The molecule has 0 heterocycles. The Morgan fingerprint density at radius 3 is 2.47 bits per heavy atom. The van der Waals surface area contributed by atoms with Crippen LogP contribution in [0.3, 0.4) is 0 Å². The molecule has 0 spiro atoms. The molecule has 1 aromatic rings. The van der Waals surface area contributed by atoms with E-state index in [0.29, 0.717) is 0 Å². The van der Waals surface area contributed by atoms with Gasteiger partial charge in [0.1, 0.15) is 0 Å². The van der Waals surface area contributed by atoms with Crippen LogP contribution in [-0.2, 0) is 6.42 Å². The zero-order chi connectivity index (χ0) is 11.5. The first kappa shape index (κ1) is 12.8. The van der Waals surface area contributed by atoms with E-state index in [4.69, 9.17) is 23.2 Å². The van der Waals surface area contributed by atoms with Gasteiger partial charge in [-0.15, -0.1) is 0 Å². The van der Waals surface area contributed by atoms with Crippen LogP contribution in [0.5, 0.6) is 0 Å². The van der Waals surface area contributed by atoms with Gasteiger partial charge in [-0.3, -0.25) is 0 Å². The third-order valence-corrected chi connectivity index (χ3v) is 2.66. The monoisotopic (exact) mass is 245 g/mol. The Hall–Kier alpha value is -0.240. The maximum Gasteiger partial charge on any atom is 0.0439 e. The molecule has 0 unspecified atom stereocenters. The van der Waals surface area contributed by atoms with Gasteiger partial charge in [-0.25, -0.2) is 0 Å². The molecule has 1 N–H and O–H groups in total. The van der Waals surface area contributed by atoms with E-state index in [2.05, 4.69) is 26.1 Å². The lowest BCUT2D eigenvalue weighted by Crippen LogP contribution is -2.37. The number of rotatable bonds is 3. The fourth-order valence-electron chi connectivity index (χ4n) is 1.31. The quantitative estimate of drug-likeness (QED) is 0.852. The van der Waals surface area contributed by atoms with Crippen molar-refractivity contribution in [1.82, 2.24) is 5.32 Å². The zero-order valence-electron chi connectivity index (χ0n) is 9.40. The minimum atomic E-state index is 0.144. The van der Waals surface area contributed by atoms with Gasteiger partial charge >= 0.3 is 0 Å². The Morgan fingerprint density at radius 2 is 1.87 bits per heavy atom. The smallest absolute Gasteiger partial charge is 0.0439 e. The van der Waals surface area contributed by atoms with Gasteiger partial charge in [0.05, 0.1) is 0 Å². The van der Waals surface area contributed by atoms with Crippen molar-refractivity contribution in [2.45, 2.75) is 32.7 Å². The van der Waals surface area contributed by atoms with Crippen molar-refractivity contribution in [3.63, 3.8) is 0 Å². The van der Waals surface area contributed by atoms with Gasteiger partial charge in [-0.2, -0.15) is 0 Å². The highest BCUT2D eigenvalue weighted by Gasteiger charge is 2.08. The minimum Gasteiger partial charge on any atom is -0.312 e. The number of halogens is 2. The van der Waals surface area contributed by atoms with Crippen molar-refractivity contribution in [2.24, 2.45) is 0 Å². The van der Waals surface area contributed by atoms with E-state index in [1.807, 2.05) is 18.2 Å². The standard InChI is InChI=1S/C12H17Cl2N/c1-12(2,3)15-7-6-9-8-10(13)4-5-11(9)14/h4-5,8,15H,6-7H2,1-3H3. The second-order valence-electron chi connectivity index (χ2n) is 4.66. The van der Waals surface area contributed by atoms with Crippen molar-refractivity contribution in [3.05, 3.63) is 33.8 Å². The maximum absolute atomic E-state index is 6.06. The summed E-state index contributed by atoms with van der Waals surface area (Å²) in [5, 5.41) is 4.94. The molecule has 0 fully saturated rings. The van der Waals surface area contributed by atoms with Gasteiger partial charge in [0.15, 0.2) is 0 Å². The molecule has 1 nitrogen and oxygen atoms in total. The molecule has 15 heavy (non-hydrogen) atoms. The van der Waals surface area contributed by atoms with Crippen LogP contribution in [0.15, 0.2) is 18.2 Å². The van der Waals surface area contributed by atoms with Gasteiger partial charge in [0.2, 0.25) is 0 Å². The van der Waals surface area contributed by atoms with Gasteiger partial charge in [-0.05, 0) is 57.5 Å². The third kappa shape index (κ3) is 4.87. The molecule has 0 radical (unpaired) electrons. The number of hydrogen-bond donors (Lipinski definition) is 1. The highest BCUT2D eigenvalue weighted by atomic mass is 35.5. The number of nitrogens with one attached hydrogen (secondary N) is 1. The Labute approximate surface area is 102 Å². The predicted octanol–water partition coefficient (Wildman–Crippen LogP) is 3.92. The maximum atomic E-state index is 6.06. The molecule has 0 amide bonds. The molecular formula is C12H17Cl2N. The molecule has 0 saturated heterocycles. The third-order valence-electron chi connectivity index (χ3n) is 2.06. The molecule has 0 aliphatic rings.